The minimum absolute atomic E-state index is 0.0280. The van der Waals surface area contributed by atoms with Gasteiger partial charge in [-0.15, -0.1) is 5.10 Å². The third kappa shape index (κ3) is 5.50. The largest absolute Gasteiger partial charge is 0.478 e. The van der Waals surface area contributed by atoms with Gasteiger partial charge in [0.1, 0.15) is 5.56 Å². The maximum Gasteiger partial charge on any atom is 0.339 e. The predicted molar refractivity (Wildman–Crippen MR) is 165 cm³/mol. The van der Waals surface area contributed by atoms with Crippen molar-refractivity contribution in [3.63, 3.8) is 0 Å². The summed E-state index contributed by atoms with van der Waals surface area (Å²) in [6.45, 7) is 7.58. The Balaban J connectivity index is 1.17. The van der Waals surface area contributed by atoms with E-state index in [0.717, 1.165) is 60.7 Å². The lowest BCUT2D eigenvalue weighted by Gasteiger charge is -2.29. The third-order valence-corrected chi connectivity index (χ3v) is 8.77. The van der Waals surface area contributed by atoms with E-state index < -0.39 is 5.97 Å². The molecule has 1 saturated carbocycles. The maximum absolute atomic E-state index is 12.2. The summed E-state index contributed by atoms with van der Waals surface area (Å²) in [6, 6.07) is 25.8. The molecule has 3 aromatic carbocycles. The summed E-state index contributed by atoms with van der Waals surface area (Å²) in [5.41, 5.74) is 9.25. The Morgan fingerprint density at radius 3 is 2.51 bits per heavy atom. The molecule has 43 heavy (non-hydrogen) atoms. The van der Waals surface area contributed by atoms with E-state index in [4.69, 9.17) is 0 Å². The Kier molecular flexibility index (Phi) is 6.73. The summed E-state index contributed by atoms with van der Waals surface area (Å²) in [7, 11) is 1.84. The molecule has 0 unspecified atom stereocenters. The first-order valence-electron chi connectivity index (χ1n) is 14.9. The fraction of sp³-hybridized carbons (Fsp3) is 0.314. The molecule has 1 aliphatic carbocycles. The molecule has 2 atom stereocenters. The molecule has 7 rings (SSSR count). The minimum Gasteiger partial charge on any atom is -0.478 e. The highest BCUT2D eigenvalue weighted by Crippen LogP contribution is 2.55. The number of fused-ring (bicyclic) bond motifs is 1. The van der Waals surface area contributed by atoms with Crippen LogP contribution in [0.5, 0.6) is 0 Å². The van der Waals surface area contributed by atoms with E-state index in [-0.39, 0.29) is 22.8 Å². The normalized spacial score (nSPS) is 19.5. The molecule has 8 heteroatoms. The van der Waals surface area contributed by atoms with Crippen molar-refractivity contribution in [2.45, 2.75) is 51.6 Å². The van der Waals surface area contributed by atoms with Gasteiger partial charge < -0.3 is 5.11 Å². The molecule has 0 amide bonds. The first-order chi connectivity index (χ1) is 20.7. The molecule has 8 nitrogen and oxygen atoms in total. The number of hydrogen-bond acceptors (Lipinski definition) is 5. The molecule has 218 valence electrons. The van der Waals surface area contributed by atoms with E-state index in [9.17, 15) is 9.90 Å². The van der Waals surface area contributed by atoms with Crippen LogP contribution in [0.3, 0.4) is 0 Å². The second-order valence-electron chi connectivity index (χ2n) is 12.9. The smallest absolute Gasteiger partial charge is 0.339 e. The van der Waals surface area contributed by atoms with Gasteiger partial charge in [-0.1, -0.05) is 73.7 Å². The van der Waals surface area contributed by atoms with Gasteiger partial charge in [-0.25, -0.2) is 9.48 Å². The van der Waals surface area contributed by atoms with Crippen molar-refractivity contribution >= 4 is 5.97 Å². The van der Waals surface area contributed by atoms with Gasteiger partial charge in [-0.3, -0.25) is 9.58 Å². The number of benzene rings is 3. The van der Waals surface area contributed by atoms with Crippen LogP contribution in [0.2, 0.25) is 0 Å². The van der Waals surface area contributed by atoms with Crippen molar-refractivity contribution in [3.8, 4) is 16.8 Å². The number of aromatic carboxylic acids is 1. The van der Waals surface area contributed by atoms with Gasteiger partial charge >= 0.3 is 5.97 Å². The lowest BCUT2D eigenvalue weighted by Crippen LogP contribution is -2.32. The van der Waals surface area contributed by atoms with Gasteiger partial charge in [0, 0.05) is 44.7 Å². The topological polar surface area (TPSA) is 89.1 Å². The molecule has 5 aromatic rings. The highest BCUT2D eigenvalue weighted by molar-refractivity contribution is 5.89. The highest BCUT2D eigenvalue weighted by atomic mass is 16.4. The summed E-state index contributed by atoms with van der Waals surface area (Å²) in [5.74, 6) is -0.799. The van der Waals surface area contributed by atoms with Gasteiger partial charge in [0.15, 0.2) is 0 Å². The standard InChI is InChI=1S/C35H36N6O2/c1-35(2)17-26-9-4-5-10-27(26)20-40(22-35)19-23-8-6-11-24(14-23)25-12-7-13-28(15-25)41-33(31(18-36-41)34(42)43)30-16-29(30)32-21-39(3)38-37-32/h4-15,18,21,29-30H,16-17,19-20,22H2,1-3H3,(H,42,43)/t29-,30-/m1/s1. The van der Waals surface area contributed by atoms with Crippen LogP contribution in [-0.2, 0) is 26.6 Å². The number of nitrogens with zero attached hydrogens (tertiary/aromatic N) is 6. The molecular formula is C35H36N6O2. The van der Waals surface area contributed by atoms with E-state index >= 15 is 0 Å². The van der Waals surface area contributed by atoms with Crippen molar-refractivity contribution in [2.75, 3.05) is 6.54 Å². The molecule has 2 aromatic heterocycles. The summed E-state index contributed by atoms with van der Waals surface area (Å²) >= 11 is 0. The predicted octanol–water partition coefficient (Wildman–Crippen LogP) is 6.22. The van der Waals surface area contributed by atoms with Crippen molar-refractivity contribution in [3.05, 3.63) is 119 Å². The maximum atomic E-state index is 12.2. The third-order valence-electron chi connectivity index (χ3n) is 8.77. The van der Waals surface area contributed by atoms with E-state index in [0.29, 0.717) is 0 Å². The summed E-state index contributed by atoms with van der Waals surface area (Å²) in [6.07, 6.45) is 5.29. The Morgan fingerprint density at radius 1 is 0.977 bits per heavy atom. The zero-order valence-electron chi connectivity index (χ0n) is 24.8. The van der Waals surface area contributed by atoms with Gasteiger partial charge in [0.2, 0.25) is 0 Å². The van der Waals surface area contributed by atoms with Gasteiger partial charge in [-0.05, 0) is 64.3 Å². The number of aryl methyl sites for hydroxylation is 1. The Hall–Kier alpha value is -4.56. The number of carboxylic acid groups (broad SMARTS) is 1. The van der Waals surface area contributed by atoms with E-state index in [1.165, 1.54) is 22.9 Å². The fourth-order valence-corrected chi connectivity index (χ4v) is 6.84. The van der Waals surface area contributed by atoms with Crippen LogP contribution in [0.1, 0.15) is 70.5 Å². The summed E-state index contributed by atoms with van der Waals surface area (Å²) in [4.78, 5) is 14.7. The zero-order valence-corrected chi connectivity index (χ0v) is 24.8. The Labute approximate surface area is 251 Å². The van der Waals surface area contributed by atoms with Gasteiger partial charge in [0.05, 0.1) is 23.3 Å². The summed E-state index contributed by atoms with van der Waals surface area (Å²) < 4.78 is 3.49. The average Bonchev–Trinajstić information content (AvgIpc) is 3.47. The van der Waals surface area contributed by atoms with E-state index in [1.54, 1.807) is 9.36 Å². The first kappa shape index (κ1) is 27.3. The average molecular weight is 573 g/mol. The highest BCUT2D eigenvalue weighted by Gasteiger charge is 2.46. The number of carbonyl (C=O) groups is 1. The van der Waals surface area contributed by atoms with Gasteiger partial charge in [0.25, 0.3) is 0 Å². The second-order valence-corrected chi connectivity index (χ2v) is 12.9. The van der Waals surface area contributed by atoms with Crippen LogP contribution in [0, 0.1) is 5.41 Å². The molecule has 1 fully saturated rings. The van der Waals surface area contributed by atoms with Crippen LogP contribution < -0.4 is 0 Å². The van der Waals surface area contributed by atoms with Crippen molar-refractivity contribution in [1.82, 2.24) is 29.7 Å². The van der Waals surface area contributed by atoms with E-state index in [1.807, 2.05) is 25.4 Å². The molecular weight excluding hydrogens is 536 g/mol. The molecule has 0 spiro atoms. The number of hydrogen-bond donors (Lipinski definition) is 1. The van der Waals surface area contributed by atoms with Crippen molar-refractivity contribution in [2.24, 2.45) is 12.5 Å². The first-order valence-corrected chi connectivity index (χ1v) is 14.9. The van der Waals surface area contributed by atoms with Gasteiger partial charge in [-0.2, -0.15) is 5.10 Å². The van der Waals surface area contributed by atoms with Crippen molar-refractivity contribution in [1.29, 1.82) is 0 Å². The Morgan fingerprint density at radius 2 is 1.74 bits per heavy atom. The van der Waals surface area contributed by atoms with E-state index in [2.05, 4.69) is 94.8 Å². The molecule has 3 heterocycles. The second kappa shape index (κ2) is 10.6. The number of rotatable bonds is 7. The molecule has 0 radical (unpaired) electrons. The Bertz CT molecular complexity index is 1820. The van der Waals surface area contributed by atoms with Crippen LogP contribution in [-0.4, -0.2) is 47.3 Å². The number of carboxylic acids is 1. The van der Waals surface area contributed by atoms with Crippen molar-refractivity contribution < 1.29 is 9.90 Å². The van der Waals surface area contributed by atoms with Crippen LogP contribution in [0.4, 0.5) is 0 Å². The molecule has 1 aliphatic heterocycles. The molecule has 1 N–H and O–H groups in total. The quantitative estimate of drug-likeness (QED) is 0.249. The lowest BCUT2D eigenvalue weighted by atomic mass is 9.85. The fourth-order valence-electron chi connectivity index (χ4n) is 6.84. The SMILES string of the molecule is Cn1cc([C@@H]2C[C@H]2c2c(C(=O)O)cnn2-c2cccc(-c3cccc(CN4Cc5ccccc5CC(C)(C)C4)c3)c2)nn1. The number of aromatic nitrogens is 5. The van der Waals surface area contributed by atoms with Crippen LogP contribution >= 0.6 is 0 Å². The zero-order chi connectivity index (χ0) is 29.7. The minimum atomic E-state index is -0.964. The lowest BCUT2D eigenvalue weighted by molar-refractivity contribution is 0.0695. The molecule has 0 bridgehead atoms. The van der Waals surface area contributed by atoms with Crippen LogP contribution in [0.15, 0.2) is 85.2 Å². The summed E-state index contributed by atoms with van der Waals surface area (Å²) in [5, 5.41) is 22.9. The van der Waals surface area contributed by atoms with Crippen LogP contribution in [0.25, 0.3) is 16.8 Å². The monoisotopic (exact) mass is 572 g/mol. The molecule has 0 saturated heterocycles. The molecule has 2 aliphatic rings.